The van der Waals surface area contributed by atoms with E-state index >= 15 is 0 Å². The molecule has 1 amide bonds. The third kappa shape index (κ3) is 4.97. The number of nitrogens with zero attached hydrogens (tertiary/aromatic N) is 2. The van der Waals surface area contributed by atoms with E-state index in [1.54, 1.807) is 30.5 Å². The minimum absolute atomic E-state index is 0.0199. The van der Waals surface area contributed by atoms with Gasteiger partial charge in [0, 0.05) is 36.3 Å². The van der Waals surface area contributed by atoms with Gasteiger partial charge in [-0.15, -0.1) is 0 Å². The molecular formula is C22H19ClF3N3O3S. The summed E-state index contributed by atoms with van der Waals surface area (Å²) in [6, 6.07) is 11.5. The van der Waals surface area contributed by atoms with Crippen LogP contribution in [-0.4, -0.2) is 36.7 Å². The fraction of sp³-hybridized carbons (Fsp3) is 0.273. The van der Waals surface area contributed by atoms with Crippen molar-refractivity contribution in [1.82, 2.24) is 9.29 Å². The van der Waals surface area contributed by atoms with Crippen LogP contribution < -0.4 is 5.32 Å². The molecule has 1 N–H and O–H groups in total. The highest BCUT2D eigenvalue weighted by Crippen LogP contribution is 2.37. The van der Waals surface area contributed by atoms with Crippen LogP contribution in [0.4, 0.5) is 18.9 Å². The van der Waals surface area contributed by atoms with Crippen molar-refractivity contribution in [2.45, 2.75) is 23.9 Å². The molecule has 0 aliphatic carbocycles. The Labute approximate surface area is 193 Å². The molecule has 1 aliphatic rings. The van der Waals surface area contributed by atoms with Crippen molar-refractivity contribution >= 4 is 44.1 Å². The fourth-order valence-electron chi connectivity index (χ4n) is 3.79. The second-order valence-electron chi connectivity index (χ2n) is 7.72. The predicted octanol–water partition coefficient (Wildman–Crippen LogP) is 4.95. The number of fused-ring (bicyclic) bond motifs is 1. The first kappa shape index (κ1) is 23.5. The Morgan fingerprint density at radius 1 is 1.09 bits per heavy atom. The summed E-state index contributed by atoms with van der Waals surface area (Å²) in [5, 5.41) is 3.15. The number of hydrogen-bond acceptors (Lipinski definition) is 4. The topological polar surface area (TPSA) is 79.4 Å². The smallest absolute Gasteiger partial charge is 0.326 e. The average molecular weight is 498 g/mol. The zero-order chi connectivity index (χ0) is 23.8. The fourth-order valence-corrected chi connectivity index (χ4v) is 5.51. The number of aromatic nitrogens is 1. The summed E-state index contributed by atoms with van der Waals surface area (Å²) >= 11 is 5.59. The standard InChI is InChI=1S/C22H19ClF3N3O3S/c23-19-5-4-17(13-18(19)22(24,25)26)33(31,32)29-10-7-14(8-11-29)21(30)28-16-3-6-20-15(12-16)2-1-9-27-20/h1-6,9,12-14H,7-8,10-11H2,(H,28,30). The highest BCUT2D eigenvalue weighted by atomic mass is 35.5. The van der Waals surface area contributed by atoms with Crippen LogP contribution in [0.15, 0.2) is 59.6 Å². The first-order valence-electron chi connectivity index (χ1n) is 10.1. The molecule has 1 fully saturated rings. The van der Waals surface area contributed by atoms with Crippen LogP contribution in [0.25, 0.3) is 10.9 Å². The van der Waals surface area contributed by atoms with Crippen molar-refractivity contribution in [2.24, 2.45) is 5.92 Å². The number of carbonyl (C=O) groups is 1. The first-order chi connectivity index (χ1) is 15.6. The maximum atomic E-state index is 13.1. The van der Waals surface area contributed by atoms with E-state index in [9.17, 15) is 26.4 Å². The Morgan fingerprint density at radius 3 is 2.52 bits per heavy atom. The number of nitrogens with one attached hydrogen (secondary N) is 1. The number of benzene rings is 2. The van der Waals surface area contributed by atoms with Gasteiger partial charge >= 0.3 is 6.18 Å². The molecule has 0 spiro atoms. The highest BCUT2D eigenvalue weighted by molar-refractivity contribution is 7.89. The van der Waals surface area contributed by atoms with Gasteiger partial charge in [0.1, 0.15) is 0 Å². The Morgan fingerprint density at radius 2 is 1.82 bits per heavy atom. The normalized spacial score (nSPS) is 16.1. The Kier molecular flexibility index (Phi) is 6.35. The number of piperidine rings is 1. The summed E-state index contributed by atoms with van der Waals surface area (Å²) in [6.45, 7) is 0.0398. The second-order valence-corrected chi connectivity index (χ2v) is 10.1. The Hall–Kier alpha value is -2.69. The van der Waals surface area contributed by atoms with E-state index in [1.165, 1.54) is 0 Å². The van der Waals surface area contributed by atoms with E-state index in [4.69, 9.17) is 11.6 Å². The average Bonchev–Trinajstić information content (AvgIpc) is 2.78. The van der Waals surface area contributed by atoms with Crippen molar-refractivity contribution in [1.29, 1.82) is 0 Å². The summed E-state index contributed by atoms with van der Waals surface area (Å²) in [4.78, 5) is 16.4. The number of amides is 1. The molecule has 1 saturated heterocycles. The van der Waals surface area contributed by atoms with Gasteiger partial charge in [-0.05, 0) is 55.3 Å². The minimum Gasteiger partial charge on any atom is -0.326 e. The van der Waals surface area contributed by atoms with E-state index < -0.39 is 37.6 Å². The quantitative estimate of drug-likeness (QED) is 0.553. The van der Waals surface area contributed by atoms with Crippen molar-refractivity contribution in [3.05, 3.63) is 65.3 Å². The molecule has 11 heteroatoms. The lowest BCUT2D eigenvalue weighted by atomic mass is 9.97. The lowest BCUT2D eigenvalue weighted by Crippen LogP contribution is -2.41. The number of alkyl halides is 3. The molecule has 0 bridgehead atoms. The zero-order valence-corrected chi connectivity index (χ0v) is 18.7. The molecular weight excluding hydrogens is 479 g/mol. The molecule has 1 aliphatic heterocycles. The third-order valence-electron chi connectivity index (χ3n) is 5.58. The van der Waals surface area contributed by atoms with Crippen LogP contribution in [0.3, 0.4) is 0 Å². The molecule has 33 heavy (non-hydrogen) atoms. The monoisotopic (exact) mass is 497 g/mol. The number of rotatable bonds is 4. The largest absolute Gasteiger partial charge is 0.417 e. The SMILES string of the molecule is O=C(Nc1ccc2ncccc2c1)C1CCN(S(=O)(=O)c2ccc(Cl)c(C(F)(F)F)c2)CC1. The Balaban J connectivity index is 1.43. The van der Waals surface area contributed by atoms with E-state index in [2.05, 4.69) is 10.3 Å². The van der Waals surface area contributed by atoms with Gasteiger partial charge in [-0.25, -0.2) is 8.42 Å². The van der Waals surface area contributed by atoms with Crippen molar-refractivity contribution in [2.75, 3.05) is 18.4 Å². The zero-order valence-electron chi connectivity index (χ0n) is 17.1. The van der Waals surface area contributed by atoms with Crippen LogP contribution in [0, 0.1) is 5.92 Å². The van der Waals surface area contributed by atoms with Gasteiger partial charge in [0.2, 0.25) is 15.9 Å². The molecule has 1 aromatic heterocycles. The van der Waals surface area contributed by atoms with Crippen LogP contribution in [-0.2, 0) is 21.0 Å². The van der Waals surface area contributed by atoms with E-state index in [0.717, 1.165) is 27.3 Å². The predicted molar refractivity (Wildman–Crippen MR) is 118 cm³/mol. The maximum absolute atomic E-state index is 13.1. The molecule has 0 atom stereocenters. The molecule has 6 nitrogen and oxygen atoms in total. The van der Waals surface area contributed by atoms with Gasteiger partial charge < -0.3 is 5.32 Å². The number of anilines is 1. The van der Waals surface area contributed by atoms with E-state index in [-0.39, 0.29) is 31.8 Å². The first-order valence-corrected chi connectivity index (χ1v) is 11.9. The summed E-state index contributed by atoms with van der Waals surface area (Å²) < 4.78 is 66.2. The number of halogens is 4. The molecule has 2 heterocycles. The van der Waals surface area contributed by atoms with Gasteiger partial charge in [0.15, 0.2) is 0 Å². The third-order valence-corrected chi connectivity index (χ3v) is 7.80. The molecule has 4 rings (SSSR count). The van der Waals surface area contributed by atoms with Crippen LogP contribution in [0.1, 0.15) is 18.4 Å². The van der Waals surface area contributed by atoms with E-state index in [0.29, 0.717) is 11.8 Å². The highest BCUT2D eigenvalue weighted by Gasteiger charge is 2.37. The minimum atomic E-state index is -4.77. The molecule has 2 aromatic carbocycles. The molecule has 0 saturated carbocycles. The lowest BCUT2D eigenvalue weighted by molar-refractivity contribution is -0.137. The van der Waals surface area contributed by atoms with Crippen LogP contribution in [0.5, 0.6) is 0 Å². The van der Waals surface area contributed by atoms with Crippen molar-refractivity contribution in [3.8, 4) is 0 Å². The molecule has 174 valence electrons. The maximum Gasteiger partial charge on any atom is 0.417 e. The van der Waals surface area contributed by atoms with Gasteiger partial charge in [0.05, 0.1) is 21.0 Å². The molecule has 3 aromatic rings. The van der Waals surface area contributed by atoms with Gasteiger partial charge in [0.25, 0.3) is 0 Å². The second kappa shape index (κ2) is 8.92. The number of pyridine rings is 1. The van der Waals surface area contributed by atoms with Gasteiger partial charge in [-0.1, -0.05) is 17.7 Å². The molecule has 0 unspecified atom stereocenters. The number of sulfonamides is 1. The summed E-state index contributed by atoms with van der Waals surface area (Å²) in [5.41, 5.74) is 0.200. The van der Waals surface area contributed by atoms with Crippen LogP contribution >= 0.6 is 11.6 Å². The van der Waals surface area contributed by atoms with Gasteiger partial charge in [-0.2, -0.15) is 17.5 Å². The van der Waals surface area contributed by atoms with Gasteiger partial charge in [-0.3, -0.25) is 9.78 Å². The summed E-state index contributed by atoms with van der Waals surface area (Å²) in [7, 11) is -4.16. The number of hydrogen-bond donors (Lipinski definition) is 1. The van der Waals surface area contributed by atoms with E-state index in [1.807, 2.05) is 6.07 Å². The lowest BCUT2D eigenvalue weighted by Gasteiger charge is -2.30. The number of carbonyl (C=O) groups excluding carboxylic acids is 1. The molecule has 0 radical (unpaired) electrons. The Bertz CT molecular complexity index is 1310. The summed E-state index contributed by atoms with van der Waals surface area (Å²) in [5.74, 6) is -0.655. The van der Waals surface area contributed by atoms with Crippen molar-refractivity contribution < 1.29 is 26.4 Å². The summed E-state index contributed by atoms with van der Waals surface area (Å²) in [6.07, 6.45) is -2.59. The van der Waals surface area contributed by atoms with Crippen molar-refractivity contribution in [3.63, 3.8) is 0 Å². The van der Waals surface area contributed by atoms with Crippen LogP contribution in [0.2, 0.25) is 5.02 Å².